The molecule has 0 bridgehead atoms. The summed E-state index contributed by atoms with van der Waals surface area (Å²) in [7, 11) is 1.76. The molecule has 2 heterocycles. The van der Waals surface area contributed by atoms with E-state index in [2.05, 4.69) is 31.9 Å². The number of carbonyl (C=O) groups excluding carboxylic acids is 3. The number of likely N-dealkylation sites (tertiary alicyclic amines) is 1. The normalized spacial score (nSPS) is 14.1. The summed E-state index contributed by atoms with van der Waals surface area (Å²) in [5, 5.41) is 31.2. The van der Waals surface area contributed by atoms with Crippen molar-refractivity contribution in [2.24, 2.45) is 0 Å². The van der Waals surface area contributed by atoms with E-state index in [0.29, 0.717) is 60.9 Å². The number of aliphatic hydroxyl groups is 1. The SMILES string of the molecule is Cc1c(CNC(=O)Cc2ccc(N(C)C(=O)CCN3CCC(OC(=O)Nc4ccccc4-c4ccccc4)CC3)cc2)cccc1CC(C)NC[C@H](O)c1ccc(O)c2[nH]c(=O)ccc12. The Balaban J connectivity index is 0.804. The number of nitrogens with zero attached hydrogens (tertiary/aromatic N) is 2. The first-order chi connectivity index (χ1) is 31.4. The smallest absolute Gasteiger partial charge is 0.411 e. The number of rotatable bonds is 17. The van der Waals surface area contributed by atoms with Crippen LogP contribution in [0.1, 0.15) is 60.1 Å². The molecule has 5 aromatic carbocycles. The van der Waals surface area contributed by atoms with Gasteiger partial charge in [-0.1, -0.05) is 84.9 Å². The Kier molecular flexibility index (Phi) is 15.4. The number of H-pyrrole nitrogens is 1. The molecule has 0 aliphatic carbocycles. The first-order valence-electron chi connectivity index (χ1n) is 22.2. The quantitative estimate of drug-likeness (QED) is 0.0546. The Morgan fingerprint density at radius 2 is 1.60 bits per heavy atom. The minimum Gasteiger partial charge on any atom is -0.506 e. The maximum Gasteiger partial charge on any atom is 0.411 e. The fourth-order valence-corrected chi connectivity index (χ4v) is 8.37. The first-order valence-corrected chi connectivity index (χ1v) is 22.2. The van der Waals surface area contributed by atoms with Gasteiger partial charge in [-0.2, -0.15) is 0 Å². The van der Waals surface area contributed by atoms with Gasteiger partial charge in [-0.3, -0.25) is 19.7 Å². The lowest BCUT2D eigenvalue weighted by Crippen LogP contribution is -2.40. The molecule has 1 aliphatic rings. The van der Waals surface area contributed by atoms with E-state index in [9.17, 15) is 29.4 Å². The minimum atomic E-state index is -0.860. The van der Waals surface area contributed by atoms with Gasteiger partial charge in [0.15, 0.2) is 0 Å². The van der Waals surface area contributed by atoms with Crippen LogP contribution in [0.5, 0.6) is 5.75 Å². The van der Waals surface area contributed by atoms with Crippen molar-refractivity contribution in [3.63, 3.8) is 0 Å². The highest BCUT2D eigenvalue weighted by molar-refractivity contribution is 5.93. The van der Waals surface area contributed by atoms with E-state index >= 15 is 0 Å². The number of aromatic amines is 1. The average molecular weight is 879 g/mol. The summed E-state index contributed by atoms with van der Waals surface area (Å²) in [6.07, 6.45) is 1.12. The van der Waals surface area contributed by atoms with Gasteiger partial charge in [-0.15, -0.1) is 0 Å². The number of pyridine rings is 1. The lowest BCUT2D eigenvalue weighted by molar-refractivity contribution is -0.120. The molecule has 0 radical (unpaired) electrons. The van der Waals surface area contributed by atoms with E-state index in [1.165, 1.54) is 12.1 Å². The van der Waals surface area contributed by atoms with Gasteiger partial charge in [-0.25, -0.2) is 4.79 Å². The van der Waals surface area contributed by atoms with Crippen LogP contribution in [0.4, 0.5) is 16.2 Å². The van der Waals surface area contributed by atoms with E-state index < -0.39 is 12.2 Å². The third kappa shape index (κ3) is 12.3. The summed E-state index contributed by atoms with van der Waals surface area (Å²) in [5.74, 6) is -0.164. The number of ether oxygens (including phenoxy) is 1. The summed E-state index contributed by atoms with van der Waals surface area (Å²) in [4.78, 5) is 57.4. The first kappa shape index (κ1) is 46.2. The molecular weight excluding hydrogens is 821 g/mol. The van der Waals surface area contributed by atoms with E-state index in [0.717, 1.165) is 52.2 Å². The van der Waals surface area contributed by atoms with Crippen molar-refractivity contribution in [2.45, 2.75) is 70.7 Å². The zero-order valence-corrected chi connectivity index (χ0v) is 37.2. The molecule has 13 heteroatoms. The topological polar surface area (TPSA) is 176 Å². The number of hydrogen-bond donors (Lipinski definition) is 6. The van der Waals surface area contributed by atoms with Crippen molar-refractivity contribution in [1.82, 2.24) is 20.5 Å². The van der Waals surface area contributed by atoms with Crippen molar-refractivity contribution >= 4 is 40.2 Å². The van der Waals surface area contributed by atoms with Crippen molar-refractivity contribution in [1.29, 1.82) is 0 Å². The molecule has 1 fully saturated rings. The number of aliphatic hydroxyl groups excluding tert-OH is 1. The lowest BCUT2D eigenvalue weighted by Gasteiger charge is -2.31. The van der Waals surface area contributed by atoms with Gasteiger partial charge < -0.3 is 40.4 Å². The summed E-state index contributed by atoms with van der Waals surface area (Å²) in [5.41, 5.74) is 8.05. The van der Waals surface area contributed by atoms with E-state index in [4.69, 9.17) is 4.74 Å². The number of para-hydroxylation sites is 1. The molecule has 1 aliphatic heterocycles. The Morgan fingerprint density at radius 1 is 0.877 bits per heavy atom. The van der Waals surface area contributed by atoms with Crippen molar-refractivity contribution in [2.75, 3.05) is 43.4 Å². The van der Waals surface area contributed by atoms with Crippen molar-refractivity contribution in [3.05, 3.63) is 159 Å². The number of phenols is 1. The zero-order valence-electron chi connectivity index (χ0n) is 37.2. The molecule has 1 aromatic heterocycles. The van der Waals surface area contributed by atoms with Gasteiger partial charge in [-0.05, 0) is 96.8 Å². The molecule has 1 saturated heterocycles. The van der Waals surface area contributed by atoms with Crippen LogP contribution in [-0.2, 0) is 33.7 Å². The molecule has 65 heavy (non-hydrogen) atoms. The second-order valence-corrected chi connectivity index (χ2v) is 16.8. The maximum atomic E-state index is 13.2. The summed E-state index contributed by atoms with van der Waals surface area (Å²) in [6, 6.07) is 37.2. The van der Waals surface area contributed by atoms with E-state index in [1.54, 1.807) is 24.1 Å². The second-order valence-electron chi connectivity index (χ2n) is 16.8. The number of piperidine rings is 1. The Bertz CT molecular complexity index is 2640. The highest BCUT2D eigenvalue weighted by atomic mass is 16.6. The number of nitrogens with one attached hydrogen (secondary N) is 4. The molecule has 13 nitrogen and oxygen atoms in total. The number of carbonyl (C=O) groups is 3. The zero-order chi connectivity index (χ0) is 45.9. The molecular formula is C52H58N6O7. The third-order valence-corrected chi connectivity index (χ3v) is 12.2. The number of fused-ring (bicyclic) bond motifs is 1. The van der Waals surface area contributed by atoms with Crippen molar-refractivity contribution < 1.29 is 29.3 Å². The maximum absolute atomic E-state index is 13.2. The summed E-state index contributed by atoms with van der Waals surface area (Å²) >= 11 is 0. The summed E-state index contributed by atoms with van der Waals surface area (Å²) in [6.45, 7) is 6.82. The molecule has 6 N–H and O–H groups in total. The third-order valence-electron chi connectivity index (χ3n) is 12.2. The predicted molar refractivity (Wildman–Crippen MR) is 255 cm³/mol. The molecule has 1 unspecified atom stereocenters. The summed E-state index contributed by atoms with van der Waals surface area (Å²) < 4.78 is 5.78. The van der Waals surface area contributed by atoms with Crippen LogP contribution in [0, 0.1) is 6.92 Å². The van der Waals surface area contributed by atoms with Gasteiger partial charge in [0.25, 0.3) is 0 Å². The van der Waals surface area contributed by atoms with E-state index in [1.807, 2.05) is 105 Å². The van der Waals surface area contributed by atoms with Gasteiger partial charge >= 0.3 is 6.09 Å². The molecule has 6 aromatic rings. The molecule has 338 valence electrons. The van der Waals surface area contributed by atoms with Crippen LogP contribution >= 0.6 is 0 Å². The van der Waals surface area contributed by atoms with Crippen LogP contribution in [0.25, 0.3) is 22.0 Å². The largest absolute Gasteiger partial charge is 0.506 e. The van der Waals surface area contributed by atoms with Crippen molar-refractivity contribution in [3.8, 4) is 16.9 Å². The lowest BCUT2D eigenvalue weighted by atomic mass is 9.97. The Hall–Kier alpha value is -6.80. The number of anilines is 2. The van der Waals surface area contributed by atoms with Crippen LogP contribution in [0.15, 0.2) is 126 Å². The van der Waals surface area contributed by atoms with Gasteiger partial charge in [0.1, 0.15) is 11.9 Å². The number of aromatic hydroxyl groups is 1. The Morgan fingerprint density at radius 3 is 2.37 bits per heavy atom. The fourth-order valence-electron chi connectivity index (χ4n) is 8.37. The predicted octanol–water partition coefficient (Wildman–Crippen LogP) is 7.39. The van der Waals surface area contributed by atoms with Gasteiger partial charge in [0.2, 0.25) is 17.4 Å². The fraction of sp³-hybridized carbons (Fsp3) is 0.308. The molecule has 0 saturated carbocycles. The number of aromatic nitrogens is 1. The standard InChI is InChI=1S/C52H58N6O7/c1-34(53-33-47(60)43-20-22-46(59)51-44(43)21-23-48(61)56-51)30-38-12-9-13-39(35(38)2)32-54-49(62)31-36-16-18-40(19-17-36)57(3)50(63)26-29-58-27-24-41(25-28-58)65-52(64)55-45-15-8-7-14-42(45)37-10-5-4-6-11-37/h4-23,34,41,47,53,59-60H,24-33H2,1-3H3,(H,54,62)(H,55,64)(H,56,61)/t34?,47-/m0/s1. The minimum absolute atomic E-state index is 0.00642. The van der Waals surface area contributed by atoms with E-state index in [-0.39, 0.29) is 48.2 Å². The number of hydrogen-bond acceptors (Lipinski definition) is 9. The van der Waals surface area contributed by atoms with Crippen LogP contribution in [0.2, 0.25) is 0 Å². The second kappa shape index (κ2) is 21.7. The Labute approximate surface area is 379 Å². The van der Waals surface area contributed by atoms with Crippen LogP contribution in [0.3, 0.4) is 0 Å². The van der Waals surface area contributed by atoms with Crippen LogP contribution < -0.4 is 26.4 Å². The molecule has 3 amide bonds. The van der Waals surface area contributed by atoms with Gasteiger partial charge in [0.05, 0.1) is 23.7 Å². The van der Waals surface area contributed by atoms with Crippen LogP contribution in [-0.4, -0.2) is 83.4 Å². The molecule has 2 atom stereocenters. The highest BCUT2D eigenvalue weighted by Crippen LogP contribution is 2.30. The van der Waals surface area contributed by atoms with Gasteiger partial charge in [0, 0.05) is 74.9 Å². The molecule has 7 rings (SSSR count). The number of amides is 3. The molecule has 0 spiro atoms. The average Bonchev–Trinajstić information content (AvgIpc) is 3.31. The number of benzene rings is 5. The highest BCUT2D eigenvalue weighted by Gasteiger charge is 2.24. The number of phenolic OH excluding ortho intramolecular Hbond substituents is 1. The monoisotopic (exact) mass is 878 g/mol.